The summed E-state index contributed by atoms with van der Waals surface area (Å²) in [4.78, 5) is 23.1. The normalized spacial score (nSPS) is 22.0. The largest absolute Gasteiger partial charge is 0.469 e. The van der Waals surface area contributed by atoms with E-state index >= 15 is 0 Å². The minimum atomic E-state index is -0.359. The van der Waals surface area contributed by atoms with E-state index in [1.54, 1.807) is 4.90 Å². The number of methoxy groups -OCH3 is 1. The molecule has 1 amide bonds. The molecule has 0 aromatic rings. The van der Waals surface area contributed by atoms with Crippen LogP contribution in [0.2, 0.25) is 0 Å². The molecule has 0 spiro atoms. The summed E-state index contributed by atoms with van der Waals surface area (Å²) in [6.45, 7) is 0.967. The summed E-state index contributed by atoms with van der Waals surface area (Å²) in [6.07, 6.45) is 0.245. The van der Waals surface area contributed by atoms with Crippen molar-refractivity contribution in [3.8, 4) is 0 Å². The number of ether oxygens (including phenoxy) is 1. The van der Waals surface area contributed by atoms with Gasteiger partial charge in [0.15, 0.2) is 0 Å². The Morgan fingerprint density at radius 2 is 2.50 bits per heavy atom. The molecule has 5 nitrogen and oxygen atoms in total. The third-order valence-electron chi connectivity index (χ3n) is 1.86. The first-order valence-corrected chi connectivity index (χ1v) is 3.76. The number of rotatable bonds is 3. The van der Waals surface area contributed by atoms with Crippen molar-refractivity contribution in [3.63, 3.8) is 0 Å². The summed E-state index contributed by atoms with van der Waals surface area (Å²) < 4.78 is 4.42. The first-order valence-electron chi connectivity index (χ1n) is 3.76. The number of amides is 1. The van der Waals surface area contributed by atoms with Gasteiger partial charge in [0.1, 0.15) is 6.04 Å². The fourth-order valence-electron chi connectivity index (χ4n) is 1.06. The van der Waals surface area contributed by atoms with Crippen molar-refractivity contribution in [3.05, 3.63) is 0 Å². The van der Waals surface area contributed by atoms with Crippen LogP contribution in [0.3, 0.4) is 0 Å². The average Bonchev–Trinajstić information content (AvgIpc) is 2.10. The number of hydrogen-bond donors (Lipinski definition) is 1. The monoisotopic (exact) mass is 172 g/mol. The van der Waals surface area contributed by atoms with E-state index in [4.69, 9.17) is 5.73 Å². The average molecular weight is 172 g/mol. The first kappa shape index (κ1) is 8.99. The highest BCUT2D eigenvalue weighted by molar-refractivity contribution is 5.88. The maximum atomic E-state index is 10.9. The standard InChI is InChI=1S/C7H12N2O3/c1-12-6(10)2-3-9-4-5(8)7(9)11/h5H,2-4,8H2,1H3. The second-order valence-corrected chi connectivity index (χ2v) is 2.72. The quantitative estimate of drug-likeness (QED) is 0.425. The predicted octanol–water partition coefficient (Wildman–Crippen LogP) is -1.28. The van der Waals surface area contributed by atoms with Crippen LogP contribution in [0.1, 0.15) is 6.42 Å². The van der Waals surface area contributed by atoms with Crippen molar-refractivity contribution in [1.29, 1.82) is 0 Å². The first-order chi connectivity index (χ1) is 5.65. The number of nitrogens with zero attached hydrogens (tertiary/aromatic N) is 1. The molecule has 1 saturated heterocycles. The van der Waals surface area contributed by atoms with Gasteiger partial charge in [-0.2, -0.15) is 0 Å². The molecule has 5 heteroatoms. The molecule has 68 valence electrons. The van der Waals surface area contributed by atoms with Crippen LogP contribution in [0.25, 0.3) is 0 Å². The van der Waals surface area contributed by atoms with Gasteiger partial charge in [0.2, 0.25) is 5.91 Å². The zero-order valence-corrected chi connectivity index (χ0v) is 6.95. The van der Waals surface area contributed by atoms with Crippen molar-refractivity contribution < 1.29 is 14.3 Å². The van der Waals surface area contributed by atoms with Gasteiger partial charge in [0.25, 0.3) is 0 Å². The maximum absolute atomic E-state index is 10.9. The van der Waals surface area contributed by atoms with Gasteiger partial charge >= 0.3 is 5.97 Å². The lowest BCUT2D eigenvalue weighted by molar-refractivity contribution is -0.145. The van der Waals surface area contributed by atoms with E-state index in [1.807, 2.05) is 0 Å². The van der Waals surface area contributed by atoms with Crippen LogP contribution < -0.4 is 5.73 Å². The van der Waals surface area contributed by atoms with E-state index in [1.165, 1.54) is 7.11 Å². The Bertz CT molecular complexity index is 205. The Kier molecular flexibility index (Phi) is 2.65. The van der Waals surface area contributed by atoms with Gasteiger partial charge in [-0.3, -0.25) is 9.59 Å². The van der Waals surface area contributed by atoms with Crippen LogP contribution in [0.4, 0.5) is 0 Å². The molecule has 1 heterocycles. The summed E-state index contributed by atoms with van der Waals surface area (Å²) in [7, 11) is 1.33. The van der Waals surface area contributed by atoms with Crippen LogP contribution in [-0.4, -0.2) is 43.0 Å². The number of esters is 1. The van der Waals surface area contributed by atoms with Crippen molar-refractivity contribution in [2.24, 2.45) is 5.73 Å². The van der Waals surface area contributed by atoms with Gasteiger partial charge in [-0.25, -0.2) is 0 Å². The molecule has 12 heavy (non-hydrogen) atoms. The number of hydrogen-bond acceptors (Lipinski definition) is 4. The van der Waals surface area contributed by atoms with E-state index in [9.17, 15) is 9.59 Å². The number of likely N-dealkylation sites (tertiary alicyclic amines) is 1. The molecule has 0 aromatic heterocycles. The number of nitrogens with two attached hydrogens (primary N) is 1. The Hall–Kier alpha value is -1.10. The van der Waals surface area contributed by atoms with E-state index in [0.29, 0.717) is 13.1 Å². The third-order valence-corrected chi connectivity index (χ3v) is 1.86. The Morgan fingerprint density at radius 1 is 1.83 bits per heavy atom. The molecule has 0 aromatic carbocycles. The van der Waals surface area contributed by atoms with E-state index < -0.39 is 0 Å². The highest BCUT2D eigenvalue weighted by Gasteiger charge is 2.33. The molecule has 0 saturated carbocycles. The highest BCUT2D eigenvalue weighted by Crippen LogP contribution is 2.07. The van der Waals surface area contributed by atoms with Crippen molar-refractivity contribution in [2.75, 3.05) is 20.2 Å². The summed E-state index contributed by atoms with van der Waals surface area (Å²) in [6, 6.07) is -0.359. The van der Waals surface area contributed by atoms with Crippen LogP contribution in [-0.2, 0) is 14.3 Å². The molecule has 2 N–H and O–H groups in total. The SMILES string of the molecule is COC(=O)CCN1CC(N)C1=O. The van der Waals surface area contributed by atoms with Gasteiger partial charge in [-0.15, -0.1) is 0 Å². The predicted molar refractivity (Wildman–Crippen MR) is 41.2 cm³/mol. The van der Waals surface area contributed by atoms with E-state index in [0.717, 1.165) is 0 Å². The summed E-state index contributed by atoms with van der Waals surface area (Å²) >= 11 is 0. The zero-order valence-electron chi connectivity index (χ0n) is 6.95. The van der Waals surface area contributed by atoms with Gasteiger partial charge in [0.05, 0.1) is 13.5 Å². The Labute approximate surface area is 70.5 Å². The molecule has 1 unspecified atom stereocenters. The summed E-state index contributed by atoms with van der Waals surface area (Å²) in [5, 5.41) is 0. The van der Waals surface area contributed by atoms with Crippen LogP contribution in [0.5, 0.6) is 0 Å². The van der Waals surface area contributed by atoms with Gasteiger partial charge in [-0.1, -0.05) is 0 Å². The fraction of sp³-hybridized carbons (Fsp3) is 0.714. The summed E-state index contributed by atoms with van der Waals surface area (Å²) in [5.74, 6) is -0.387. The fourth-order valence-corrected chi connectivity index (χ4v) is 1.06. The topological polar surface area (TPSA) is 72.6 Å². The van der Waals surface area contributed by atoms with Crippen LogP contribution in [0, 0.1) is 0 Å². The summed E-state index contributed by atoms with van der Waals surface area (Å²) in [5.41, 5.74) is 5.34. The molecule has 1 rings (SSSR count). The third kappa shape index (κ3) is 1.73. The van der Waals surface area contributed by atoms with Crippen molar-refractivity contribution >= 4 is 11.9 Å². The smallest absolute Gasteiger partial charge is 0.307 e. The van der Waals surface area contributed by atoms with Gasteiger partial charge in [0, 0.05) is 13.1 Å². The lowest BCUT2D eigenvalue weighted by Crippen LogP contribution is -2.61. The molecule has 0 aliphatic carbocycles. The van der Waals surface area contributed by atoms with E-state index in [2.05, 4.69) is 4.74 Å². The number of carbonyl (C=O) groups is 2. The lowest BCUT2D eigenvalue weighted by atomic mass is 10.1. The second kappa shape index (κ2) is 3.53. The van der Waals surface area contributed by atoms with Gasteiger partial charge < -0.3 is 15.4 Å². The zero-order chi connectivity index (χ0) is 9.14. The van der Waals surface area contributed by atoms with Crippen molar-refractivity contribution in [1.82, 2.24) is 4.90 Å². The van der Waals surface area contributed by atoms with E-state index in [-0.39, 0.29) is 24.3 Å². The molecule has 0 radical (unpaired) electrons. The highest BCUT2D eigenvalue weighted by atomic mass is 16.5. The van der Waals surface area contributed by atoms with Crippen LogP contribution in [0.15, 0.2) is 0 Å². The molecular weight excluding hydrogens is 160 g/mol. The second-order valence-electron chi connectivity index (χ2n) is 2.72. The molecule has 0 bridgehead atoms. The van der Waals surface area contributed by atoms with Crippen LogP contribution >= 0.6 is 0 Å². The Morgan fingerprint density at radius 3 is 2.92 bits per heavy atom. The van der Waals surface area contributed by atoms with Crippen molar-refractivity contribution in [2.45, 2.75) is 12.5 Å². The number of carbonyl (C=O) groups excluding carboxylic acids is 2. The molecule has 1 fully saturated rings. The minimum Gasteiger partial charge on any atom is -0.469 e. The maximum Gasteiger partial charge on any atom is 0.307 e. The molecular formula is C7H12N2O3. The molecule has 1 atom stereocenters. The molecule has 1 aliphatic rings. The number of β-lactam (4-membered cyclic amide) rings is 1. The minimum absolute atomic E-state index is 0.0843. The molecule has 1 aliphatic heterocycles. The lowest BCUT2D eigenvalue weighted by Gasteiger charge is -2.35. The van der Waals surface area contributed by atoms with Gasteiger partial charge in [-0.05, 0) is 0 Å². The Balaban J connectivity index is 2.18.